The molecule has 0 amide bonds. The first-order valence-corrected chi connectivity index (χ1v) is 4.93. The predicted molar refractivity (Wildman–Crippen MR) is 52.2 cm³/mol. The standard InChI is InChI=1S/C11H13NO/c13-10-3-4-11-8(7-10)5-6-12(11)9-1-2-9/h3-4,7,9,13H,1-2,5-6H2. The van der Waals surface area contributed by atoms with Crippen molar-refractivity contribution >= 4 is 5.69 Å². The van der Waals surface area contributed by atoms with E-state index in [4.69, 9.17) is 0 Å². The molecule has 1 aliphatic carbocycles. The summed E-state index contributed by atoms with van der Waals surface area (Å²) in [5, 5.41) is 9.32. The van der Waals surface area contributed by atoms with Gasteiger partial charge in [0.05, 0.1) is 0 Å². The van der Waals surface area contributed by atoms with E-state index in [1.807, 2.05) is 6.07 Å². The van der Waals surface area contributed by atoms with Gasteiger partial charge in [-0.3, -0.25) is 0 Å². The summed E-state index contributed by atoms with van der Waals surface area (Å²) in [5.41, 5.74) is 2.66. The van der Waals surface area contributed by atoms with E-state index in [0.717, 1.165) is 19.0 Å². The minimum atomic E-state index is 0.399. The Morgan fingerprint density at radius 3 is 2.92 bits per heavy atom. The molecule has 1 saturated carbocycles. The molecule has 0 aromatic heterocycles. The Labute approximate surface area is 77.8 Å². The summed E-state index contributed by atoms with van der Waals surface area (Å²) in [6.07, 6.45) is 3.79. The monoisotopic (exact) mass is 175 g/mol. The predicted octanol–water partition coefficient (Wildman–Crippen LogP) is 1.92. The van der Waals surface area contributed by atoms with E-state index in [1.165, 1.54) is 24.1 Å². The molecule has 1 aromatic rings. The average Bonchev–Trinajstić information content (AvgIpc) is 2.87. The Balaban J connectivity index is 2.01. The average molecular weight is 175 g/mol. The molecule has 0 bridgehead atoms. The topological polar surface area (TPSA) is 23.5 Å². The fraction of sp³-hybridized carbons (Fsp3) is 0.455. The van der Waals surface area contributed by atoms with E-state index < -0.39 is 0 Å². The Kier molecular flexibility index (Phi) is 1.34. The molecule has 1 aliphatic heterocycles. The van der Waals surface area contributed by atoms with E-state index in [2.05, 4.69) is 11.0 Å². The molecule has 0 spiro atoms. The van der Waals surface area contributed by atoms with E-state index in [-0.39, 0.29) is 0 Å². The Morgan fingerprint density at radius 2 is 2.15 bits per heavy atom. The van der Waals surface area contributed by atoms with Crippen LogP contribution in [-0.2, 0) is 6.42 Å². The Hall–Kier alpha value is -1.18. The third-order valence-corrected chi connectivity index (χ3v) is 2.98. The van der Waals surface area contributed by atoms with Crippen LogP contribution in [0.2, 0.25) is 0 Å². The molecule has 2 heteroatoms. The number of anilines is 1. The number of hydrogen-bond donors (Lipinski definition) is 1. The normalized spacial score (nSPS) is 20.5. The first kappa shape index (κ1) is 7.25. The molecule has 1 N–H and O–H groups in total. The second kappa shape index (κ2) is 2.41. The van der Waals surface area contributed by atoms with Crippen LogP contribution in [0.4, 0.5) is 5.69 Å². The van der Waals surface area contributed by atoms with Gasteiger partial charge in [0.15, 0.2) is 0 Å². The molecule has 13 heavy (non-hydrogen) atoms. The number of phenols is 1. The zero-order valence-corrected chi connectivity index (χ0v) is 7.53. The van der Waals surface area contributed by atoms with Crippen LogP contribution < -0.4 is 4.90 Å². The number of fused-ring (bicyclic) bond motifs is 1. The van der Waals surface area contributed by atoms with Crippen LogP contribution in [0.15, 0.2) is 18.2 Å². The van der Waals surface area contributed by atoms with Crippen molar-refractivity contribution in [2.75, 3.05) is 11.4 Å². The summed E-state index contributed by atoms with van der Waals surface area (Å²) in [7, 11) is 0. The van der Waals surface area contributed by atoms with Crippen molar-refractivity contribution in [2.24, 2.45) is 0 Å². The fourth-order valence-electron chi connectivity index (χ4n) is 2.18. The van der Waals surface area contributed by atoms with E-state index in [9.17, 15) is 5.11 Å². The van der Waals surface area contributed by atoms with Gasteiger partial charge < -0.3 is 10.0 Å². The third-order valence-electron chi connectivity index (χ3n) is 2.98. The highest BCUT2D eigenvalue weighted by Gasteiger charge is 2.33. The van der Waals surface area contributed by atoms with Gasteiger partial charge in [0.1, 0.15) is 5.75 Å². The highest BCUT2D eigenvalue weighted by atomic mass is 16.3. The van der Waals surface area contributed by atoms with Crippen LogP contribution in [0.5, 0.6) is 5.75 Å². The van der Waals surface area contributed by atoms with Gasteiger partial charge in [-0.25, -0.2) is 0 Å². The molecule has 0 unspecified atom stereocenters. The zero-order valence-electron chi connectivity index (χ0n) is 7.53. The minimum absolute atomic E-state index is 0.399. The fourth-order valence-corrected chi connectivity index (χ4v) is 2.18. The summed E-state index contributed by atoms with van der Waals surface area (Å²) in [5.74, 6) is 0.399. The Bertz CT molecular complexity index is 344. The van der Waals surface area contributed by atoms with Crippen molar-refractivity contribution in [1.82, 2.24) is 0 Å². The van der Waals surface area contributed by atoms with E-state index in [0.29, 0.717) is 5.75 Å². The van der Waals surface area contributed by atoms with Crippen LogP contribution >= 0.6 is 0 Å². The van der Waals surface area contributed by atoms with Crippen LogP contribution in [-0.4, -0.2) is 17.7 Å². The summed E-state index contributed by atoms with van der Waals surface area (Å²) in [6.45, 7) is 1.14. The molecule has 1 aromatic carbocycles. The summed E-state index contributed by atoms with van der Waals surface area (Å²) < 4.78 is 0. The SMILES string of the molecule is Oc1ccc2c(c1)CCN2C1CC1. The number of rotatable bonds is 1. The minimum Gasteiger partial charge on any atom is -0.508 e. The lowest BCUT2D eigenvalue weighted by molar-refractivity contribution is 0.475. The second-order valence-electron chi connectivity index (χ2n) is 3.99. The van der Waals surface area contributed by atoms with Gasteiger partial charge in [-0.05, 0) is 43.0 Å². The smallest absolute Gasteiger partial charge is 0.116 e. The van der Waals surface area contributed by atoms with Gasteiger partial charge in [-0.1, -0.05) is 0 Å². The van der Waals surface area contributed by atoms with Gasteiger partial charge >= 0.3 is 0 Å². The zero-order chi connectivity index (χ0) is 8.84. The van der Waals surface area contributed by atoms with Crippen molar-refractivity contribution < 1.29 is 5.11 Å². The number of nitrogens with zero attached hydrogens (tertiary/aromatic N) is 1. The van der Waals surface area contributed by atoms with Crippen LogP contribution in [0, 0.1) is 0 Å². The van der Waals surface area contributed by atoms with Crippen molar-refractivity contribution in [3.8, 4) is 5.75 Å². The van der Waals surface area contributed by atoms with Crippen LogP contribution in [0.1, 0.15) is 18.4 Å². The number of hydrogen-bond acceptors (Lipinski definition) is 2. The third kappa shape index (κ3) is 1.09. The number of benzene rings is 1. The molecule has 0 radical (unpaired) electrons. The van der Waals surface area contributed by atoms with Crippen molar-refractivity contribution in [2.45, 2.75) is 25.3 Å². The molecule has 1 heterocycles. The molecular formula is C11H13NO. The molecule has 68 valence electrons. The molecule has 2 aliphatic rings. The highest BCUT2D eigenvalue weighted by Crippen LogP contribution is 2.38. The number of phenolic OH excluding ortho intramolecular Hbond substituents is 1. The van der Waals surface area contributed by atoms with Gasteiger partial charge in [0.25, 0.3) is 0 Å². The van der Waals surface area contributed by atoms with Gasteiger partial charge in [0.2, 0.25) is 0 Å². The summed E-state index contributed by atoms with van der Waals surface area (Å²) in [6, 6.07) is 6.54. The quantitative estimate of drug-likeness (QED) is 0.704. The largest absolute Gasteiger partial charge is 0.508 e. The van der Waals surface area contributed by atoms with Crippen molar-refractivity contribution in [1.29, 1.82) is 0 Å². The molecule has 0 saturated heterocycles. The molecule has 0 atom stereocenters. The van der Waals surface area contributed by atoms with Crippen LogP contribution in [0.3, 0.4) is 0 Å². The van der Waals surface area contributed by atoms with Crippen molar-refractivity contribution in [3.63, 3.8) is 0 Å². The lowest BCUT2D eigenvalue weighted by Crippen LogP contribution is -2.22. The molecular weight excluding hydrogens is 162 g/mol. The second-order valence-corrected chi connectivity index (χ2v) is 3.99. The summed E-state index contributed by atoms with van der Waals surface area (Å²) >= 11 is 0. The van der Waals surface area contributed by atoms with Gasteiger partial charge in [-0.15, -0.1) is 0 Å². The lowest BCUT2D eigenvalue weighted by atomic mass is 10.1. The maximum Gasteiger partial charge on any atom is 0.116 e. The highest BCUT2D eigenvalue weighted by molar-refractivity contribution is 5.61. The molecule has 3 rings (SSSR count). The first-order chi connectivity index (χ1) is 6.34. The maximum absolute atomic E-state index is 9.32. The number of aromatic hydroxyl groups is 1. The Morgan fingerprint density at radius 1 is 1.31 bits per heavy atom. The van der Waals surface area contributed by atoms with Crippen molar-refractivity contribution in [3.05, 3.63) is 23.8 Å². The van der Waals surface area contributed by atoms with Gasteiger partial charge in [0, 0.05) is 18.3 Å². The van der Waals surface area contributed by atoms with E-state index >= 15 is 0 Å². The maximum atomic E-state index is 9.32. The molecule has 2 nitrogen and oxygen atoms in total. The van der Waals surface area contributed by atoms with E-state index in [1.54, 1.807) is 6.07 Å². The van der Waals surface area contributed by atoms with Crippen LogP contribution in [0.25, 0.3) is 0 Å². The van der Waals surface area contributed by atoms with Gasteiger partial charge in [-0.2, -0.15) is 0 Å². The lowest BCUT2D eigenvalue weighted by Gasteiger charge is -2.18. The summed E-state index contributed by atoms with van der Waals surface area (Å²) in [4.78, 5) is 2.48. The first-order valence-electron chi connectivity index (χ1n) is 4.93. The molecule has 1 fully saturated rings.